The lowest BCUT2D eigenvalue weighted by Crippen LogP contribution is -2.54. The Bertz CT molecular complexity index is 624. The van der Waals surface area contributed by atoms with Crippen LogP contribution in [0.15, 0.2) is 0 Å². The first-order chi connectivity index (χ1) is 11.2. The highest BCUT2D eigenvalue weighted by Gasteiger charge is 2.49. The van der Waals surface area contributed by atoms with Crippen molar-refractivity contribution in [1.82, 2.24) is 20.8 Å². The molecule has 0 aromatic carbocycles. The van der Waals surface area contributed by atoms with Crippen LogP contribution >= 0.6 is 0 Å². The number of hydroxylamine groups is 2. The van der Waals surface area contributed by atoms with E-state index in [4.69, 9.17) is 10.3 Å². The van der Waals surface area contributed by atoms with Crippen molar-refractivity contribution in [2.24, 2.45) is 5.73 Å². The first kappa shape index (κ1) is 18.4. The predicted molar refractivity (Wildman–Crippen MR) is 78.0 cm³/mol. The summed E-state index contributed by atoms with van der Waals surface area (Å²) in [6.45, 7) is 0.421. The highest BCUT2D eigenvalue weighted by atomic mass is 32.3. The predicted octanol–water partition coefficient (Wildman–Crippen LogP) is -2.12. The van der Waals surface area contributed by atoms with Crippen LogP contribution in [0.25, 0.3) is 0 Å². The lowest BCUT2D eigenvalue weighted by atomic mass is 10.0. The second kappa shape index (κ2) is 7.29. The maximum Gasteiger partial charge on any atom is 0.418 e. The molecule has 2 aliphatic heterocycles. The van der Waals surface area contributed by atoms with Gasteiger partial charge in [-0.3, -0.25) is 25.0 Å². The first-order valence-electron chi connectivity index (χ1n) is 7.28. The number of hydrogen-bond donors (Lipinski definition) is 4. The molecule has 136 valence electrons. The number of hydrogen-bond acceptors (Lipinski definition) is 7. The summed E-state index contributed by atoms with van der Waals surface area (Å²) in [7, 11) is -4.84. The van der Waals surface area contributed by atoms with Gasteiger partial charge in [-0.05, 0) is 25.8 Å². The lowest BCUT2D eigenvalue weighted by molar-refractivity contribution is -0.132. The number of carbonyl (C=O) groups is 3. The van der Waals surface area contributed by atoms with Crippen LogP contribution < -0.4 is 16.6 Å². The summed E-state index contributed by atoms with van der Waals surface area (Å²) in [5.41, 5.74) is 9.73. The number of carbonyl (C=O) groups excluding carboxylic acids is 3. The number of nitrogens with one attached hydrogen (secondary N) is 2. The van der Waals surface area contributed by atoms with Gasteiger partial charge in [-0.1, -0.05) is 0 Å². The molecule has 0 aromatic rings. The third-order valence-electron chi connectivity index (χ3n) is 3.73. The van der Waals surface area contributed by atoms with Gasteiger partial charge < -0.3 is 10.6 Å². The van der Waals surface area contributed by atoms with Crippen LogP contribution in [0.4, 0.5) is 4.79 Å². The van der Waals surface area contributed by atoms with Crippen LogP contribution in [-0.2, 0) is 24.3 Å². The fourth-order valence-electron chi connectivity index (χ4n) is 2.64. The summed E-state index contributed by atoms with van der Waals surface area (Å²) in [6, 6.07) is -2.30. The molecule has 24 heavy (non-hydrogen) atoms. The lowest BCUT2D eigenvalue weighted by Gasteiger charge is -2.29. The van der Waals surface area contributed by atoms with E-state index in [9.17, 15) is 22.8 Å². The number of piperidine rings is 1. The van der Waals surface area contributed by atoms with E-state index in [0.717, 1.165) is 4.90 Å². The Morgan fingerprint density at radius 3 is 2.67 bits per heavy atom. The van der Waals surface area contributed by atoms with E-state index in [1.54, 1.807) is 0 Å². The molecule has 13 heteroatoms. The molecule has 2 bridgehead atoms. The summed E-state index contributed by atoms with van der Waals surface area (Å²) >= 11 is 0. The number of nitrogens with zero attached hydrogens (tertiary/aromatic N) is 2. The minimum atomic E-state index is -4.84. The van der Waals surface area contributed by atoms with Gasteiger partial charge in [0, 0.05) is 13.0 Å². The number of rotatable bonds is 6. The quantitative estimate of drug-likeness (QED) is 0.305. The molecule has 12 nitrogen and oxygen atoms in total. The number of fused-ring (bicyclic) bond motifs is 2. The zero-order valence-corrected chi connectivity index (χ0v) is 13.5. The number of hydrazine groups is 1. The zero-order valence-electron chi connectivity index (χ0n) is 12.7. The topological polar surface area (TPSA) is 171 Å². The van der Waals surface area contributed by atoms with Gasteiger partial charge in [-0.2, -0.15) is 13.5 Å². The van der Waals surface area contributed by atoms with Crippen LogP contribution in [0.5, 0.6) is 0 Å². The molecule has 2 saturated heterocycles. The third kappa shape index (κ3) is 4.31. The Kier molecular flexibility index (Phi) is 5.58. The van der Waals surface area contributed by atoms with Crippen LogP contribution in [0.1, 0.15) is 25.7 Å². The van der Waals surface area contributed by atoms with Crippen LogP contribution in [0.3, 0.4) is 0 Å². The summed E-state index contributed by atoms with van der Waals surface area (Å²) in [5, 5.41) is 0.544. The minimum Gasteiger partial charge on any atom is -0.330 e. The van der Waals surface area contributed by atoms with Crippen molar-refractivity contribution in [3.8, 4) is 0 Å². The van der Waals surface area contributed by atoms with Crippen molar-refractivity contribution >= 4 is 28.2 Å². The molecule has 2 atom stereocenters. The van der Waals surface area contributed by atoms with Gasteiger partial charge in [-0.25, -0.2) is 4.79 Å². The van der Waals surface area contributed by atoms with Gasteiger partial charge in [0.25, 0.3) is 5.91 Å². The fourth-order valence-corrected chi connectivity index (χ4v) is 3.03. The van der Waals surface area contributed by atoms with E-state index in [1.807, 2.05) is 0 Å². The normalized spacial score (nSPS) is 23.3. The molecule has 0 aliphatic carbocycles. The molecule has 0 unspecified atom stereocenters. The van der Waals surface area contributed by atoms with E-state index in [-0.39, 0.29) is 19.4 Å². The molecule has 0 radical (unpaired) electrons. The maximum absolute atomic E-state index is 12.1. The van der Waals surface area contributed by atoms with E-state index < -0.39 is 40.3 Å². The number of amides is 4. The molecule has 0 spiro atoms. The summed E-state index contributed by atoms with van der Waals surface area (Å²) in [4.78, 5) is 36.8. The standard InChI is InChI=1S/C11H19N5O7S/c12-5-1-2-9(17)13-14-10(18)8-4-3-7-6-15(8)11(19)16(7)23-24(20,21)22/h7-8H,1-6,12H2,(H,13,17)(H,14,18)(H,20,21,22)/t7-,8-/m0/s1. The summed E-state index contributed by atoms with van der Waals surface area (Å²) in [6.07, 6.45) is 1.19. The highest BCUT2D eigenvalue weighted by molar-refractivity contribution is 7.80. The SMILES string of the molecule is NCCCC(=O)NNC(=O)[C@@H]1CC[C@H]2CN1C(=O)N2OS(=O)(=O)O. The van der Waals surface area contributed by atoms with Gasteiger partial charge in [-0.15, -0.1) is 4.28 Å². The van der Waals surface area contributed by atoms with Gasteiger partial charge in [0.1, 0.15) is 6.04 Å². The van der Waals surface area contributed by atoms with E-state index in [1.165, 1.54) is 0 Å². The second-order valence-electron chi connectivity index (χ2n) is 5.44. The minimum absolute atomic E-state index is 0.0769. The molecule has 4 amide bonds. The van der Waals surface area contributed by atoms with Crippen molar-refractivity contribution in [2.45, 2.75) is 37.8 Å². The molecule has 2 fully saturated rings. The van der Waals surface area contributed by atoms with Crippen LogP contribution in [0.2, 0.25) is 0 Å². The Balaban J connectivity index is 1.93. The van der Waals surface area contributed by atoms with Crippen molar-refractivity contribution in [3.05, 3.63) is 0 Å². The number of nitrogens with two attached hydrogens (primary N) is 1. The van der Waals surface area contributed by atoms with Gasteiger partial charge in [0.2, 0.25) is 5.91 Å². The average Bonchev–Trinajstić information content (AvgIpc) is 2.74. The molecule has 2 aliphatic rings. The molecule has 0 aromatic heterocycles. The molecule has 0 saturated carbocycles. The molecular weight excluding hydrogens is 346 g/mol. The Morgan fingerprint density at radius 1 is 1.33 bits per heavy atom. The Morgan fingerprint density at radius 2 is 2.04 bits per heavy atom. The van der Waals surface area contributed by atoms with Crippen molar-refractivity contribution in [1.29, 1.82) is 0 Å². The fraction of sp³-hybridized carbons (Fsp3) is 0.727. The average molecular weight is 365 g/mol. The molecule has 2 rings (SSSR count). The van der Waals surface area contributed by atoms with Crippen molar-refractivity contribution in [3.63, 3.8) is 0 Å². The summed E-state index contributed by atoms with van der Waals surface area (Å²) in [5.74, 6) is -1.01. The van der Waals surface area contributed by atoms with Crippen molar-refractivity contribution in [2.75, 3.05) is 13.1 Å². The van der Waals surface area contributed by atoms with Crippen LogP contribution in [-0.4, -0.2) is 66.0 Å². The van der Waals surface area contributed by atoms with Gasteiger partial charge in [0.05, 0.1) is 6.04 Å². The Hall–Kier alpha value is -1.96. The van der Waals surface area contributed by atoms with E-state index >= 15 is 0 Å². The largest absolute Gasteiger partial charge is 0.418 e. The van der Waals surface area contributed by atoms with E-state index in [2.05, 4.69) is 15.1 Å². The Labute approximate surface area is 138 Å². The van der Waals surface area contributed by atoms with Crippen molar-refractivity contribution < 1.29 is 31.6 Å². The zero-order chi connectivity index (χ0) is 17.9. The highest BCUT2D eigenvalue weighted by Crippen LogP contribution is 2.30. The van der Waals surface area contributed by atoms with Gasteiger partial charge in [0.15, 0.2) is 0 Å². The second-order valence-corrected chi connectivity index (χ2v) is 6.44. The smallest absolute Gasteiger partial charge is 0.330 e. The summed E-state index contributed by atoms with van der Waals surface area (Å²) < 4.78 is 34.5. The van der Waals surface area contributed by atoms with Gasteiger partial charge >= 0.3 is 16.4 Å². The number of urea groups is 1. The van der Waals surface area contributed by atoms with E-state index in [0.29, 0.717) is 24.4 Å². The molecular formula is C11H19N5O7S. The molecule has 5 N–H and O–H groups in total. The first-order valence-corrected chi connectivity index (χ1v) is 8.65. The molecule has 2 heterocycles. The monoisotopic (exact) mass is 365 g/mol. The maximum atomic E-state index is 12.1. The third-order valence-corrected chi connectivity index (χ3v) is 4.08. The van der Waals surface area contributed by atoms with Crippen LogP contribution in [0, 0.1) is 0 Å².